The Hall–Kier alpha value is -2.72. The average molecular weight is 405 g/mol. The Balaban J connectivity index is 1.47. The average Bonchev–Trinajstić information content (AvgIpc) is 3.32. The van der Waals surface area contributed by atoms with E-state index in [9.17, 15) is 14.4 Å². The van der Waals surface area contributed by atoms with Gasteiger partial charge in [-0.15, -0.1) is 11.3 Å². The molecule has 0 saturated carbocycles. The van der Waals surface area contributed by atoms with Crippen molar-refractivity contribution >= 4 is 51.0 Å². The van der Waals surface area contributed by atoms with Crippen LogP contribution in [0.5, 0.6) is 0 Å². The third-order valence-electron chi connectivity index (χ3n) is 3.36. The van der Waals surface area contributed by atoms with Gasteiger partial charge in [0.2, 0.25) is 11.7 Å². The van der Waals surface area contributed by atoms with Crippen molar-refractivity contribution in [1.29, 1.82) is 0 Å². The van der Waals surface area contributed by atoms with E-state index in [0.717, 1.165) is 10.2 Å². The van der Waals surface area contributed by atoms with Gasteiger partial charge in [-0.1, -0.05) is 11.8 Å². The summed E-state index contributed by atoms with van der Waals surface area (Å²) in [5.74, 6) is -0.633. The minimum Gasteiger partial charge on any atom is -0.457 e. The van der Waals surface area contributed by atoms with E-state index in [1.54, 1.807) is 6.07 Å². The summed E-state index contributed by atoms with van der Waals surface area (Å²) >= 11 is 2.73. The fourth-order valence-electron chi connectivity index (χ4n) is 2.10. The monoisotopic (exact) mass is 405 g/mol. The number of hydrogen-bond donors (Lipinski definition) is 1. The summed E-state index contributed by atoms with van der Waals surface area (Å²) in [7, 11) is 0. The van der Waals surface area contributed by atoms with Gasteiger partial charge in [-0.3, -0.25) is 14.4 Å². The summed E-state index contributed by atoms with van der Waals surface area (Å²) in [6.45, 7) is 1.16. The molecule has 140 valence electrons. The van der Waals surface area contributed by atoms with Gasteiger partial charge in [0, 0.05) is 12.3 Å². The molecule has 0 aliphatic rings. The first-order chi connectivity index (χ1) is 13.0. The highest BCUT2D eigenvalue weighted by atomic mass is 32.2. The summed E-state index contributed by atoms with van der Waals surface area (Å²) in [5, 5.41) is 6.05. The molecule has 3 aromatic rings. The van der Waals surface area contributed by atoms with Gasteiger partial charge >= 0.3 is 5.97 Å². The van der Waals surface area contributed by atoms with Crippen LogP contribution in [0.1, 0.15) is 23.2 Å². The molecule has 0 bridgehead atoms. The topological polar surface area (TPSA) is 111 Å². The van der Waals surface area contributed by atoms with Crippen molar-refractivity contribution in [1.82, 2.24) is 15.3 Å². The Morgan fingerprint density at radius 2 is 2.11 bits per heavy atom. The van der Waals surface area contributed by atoms with Crippen molar-refractivity contribution in [2.24, 2.45) is 0 Å². The fraction of sp³-hybridized carbons (Fsp3) is 0.235. The van der Waals surface area contributed by atoms with Gasteiger partial charge in [0.1, 0.15) is 21.9 Å². The van der Waals surface area contributed by atoms with Crippen LogP contribution in [0.4, 0.5) is 0 Å². The number of thiophene rings is 1. The van der Waals surface area contributed by atoms with Crippen LogP contribution < -0.4 is 5.32 Å². The van der Waals surface area contributed by atoms with Crippen LogP contribution in [-0.2, 0) is 20.9 Å². The summed E-state index contributed by atoms with van der Waals surface area (Å²) in [4.78, 5) is 44.0. The van der Waals surface area contributed by atoms with Crippen LogP contribution in [0.3, 0.4) is 0 Å². The van der Waals surface area contributed by atoms with E-state index in [2.05, 4.69) is 15.3 Å². The van der Waals surface area contributed by atoms with Crippen molar-refractivity contribution in [3.63, 3.8) is 0 Å². The highest BCUT2D eigenvalue weighted by Crippen LogP contribution is 2.27. The van der Waals surface area contributed by atoms with Gasteiger partial charge in [-0.25, -0.2) is 9.97 Å². The van der Waals surface area contributed by atoms with Gasteiger partial charge in [0.15, 0.2) is 12.4 Å². The van der Waals surface area contributed by atoms with Gasteiger partial charge in [-0.05, 0) is 23.6 Å². The SMILES string of the molecule is CC(=O)NCc1ccc(C(=O)COC(=O)CSc2ncnc3sccc23)o1. The Morgan fingerprint density at radius 1 is 1.26 bits per heavy atom. The number of furan rings is 1. The van der Waals surface area contributed by atoms with Crippen molar-refractivity contribution in [3.05, 3.63) is 41.4 Å². The quantitative estimate of drug-likeness (QED) is 0.263. The van der Waals surface area contributed by atoms with Gasteiger partial charge in [0.25, 0.3) is 0 Å². The zero-order chi connectivity index (χ0) is 19.2. The molecule has 27 heavy (non-hydrogen) atoms. The molecule has 1 amide bonds. The van der Waals surface area contributed by atoms with Gasteiger partial charge in [0.05, 0.1) is 12.3 Å². The molecule has 1 N–H and O–H groups in total. The van der Waals surface area contributed by atoms with Crippen molar-refractivity contribution in [3.8, 4) is 0 Å². The zero-order valence-corrected chi connectivity index (χ0v) is 15.9. The molecule has 0 saturated heterocycles. The third kappa shape index (κ3) is 5.14. The summed E-state index contributed by atoms with van der Waals surface area (Å²) < 4.78 is 10.3. The number of Topliss-reactive ketones (excluding diaryl/α,β-unsaturated/α-hetero) is 1. The number of nitrogens with zero attached hydrogens (tertiary/aromatic N) is 2. The minimum atomic E-state index is -0.527. The number of ether oxygens (including phenoxy) is 1. The highest BCUT2D eigenvalue weighted by Gasteiger charge is 2.15. The molecular formula is C17H15N3O5S2. The number of thioether (sulfide) groups is 1. The number of nitrogens with one attached hydrogen (secondary N) is 1. The number of rotatable bonds is 8. The van der Waals surface area contributed by atoms with E-state index in [-0.39, 0.29) is 24.0 Å². The third-order valence-corrected chi connectivity index (χ3v) is 5.16. The van der Waals surface area contributed by atoms with Crippen molar-refractivity contribution in [2.75, 3.05) is 12.4 Å². The molecule has 8 nitrogen and oxygen atoms in total. The number of ketones is 1. The molecule has 0 aromatic carbocycles. The van der Waals surface area contributed by atoms with Crippen LogP contribution in [0, 0.1) is 0 Å². The lowest BCUT2D eigenvalue weighted by Gasteiger charge is -2.04. The number of carbonyl (C=O) groups is 3. The number of amides is 1. The zero-order valence-electron chi connectivity index (χ0n) is 14.3. The van der Waals surface area contributed by atoms with Crippen molar-refractivity contribution in [2.45, 2.75) is 18.5 Å². The Bertz CT molecular complexity index is 982. The second-order valence-corrected chi connectivity index (χ2v) is 7.23. The molecule has 0 aliphatic heterocycles. The summed E-state index contributed by atoms with van der Waals surface area (Å²) in [6, 6.07) is 4.96. The number of aromatic nitrogens is 2. The molecule has 3 aromatic heterocycles. The fourth-order valence-corrected chi connectivity index (χ4v) is 3.68. The molecule has 0 fully saturated rings. The maximum absolute atomic E-state index is 12.0. The Labute approximate surface area is 162 Å². The molecule has 0 aliphatic carbocycles. The Kier molecular flexibility index (Phi) is 6.20. The summed E-state index contributed by atoms with van der Waals surface area (Å²) in [5.41, 5.74) is 0. The van der Waals surface area contributed by atoms with Crippen molar-refractivity contribution < 1.29 is 23.5 Å². The number of hydrogen-bond acceptors (Lipinski definition) is 9. The standard InChI is InChI=1S/C17H15N3O5S2/c1-10(21)18-6-11-2-3-14(25-11)13(22)7-24-15(23)8-27-17-12-4-5-26-16(12)19-9-20-17/h2-5,9H,6-8H2,1H3,(H,18,21). The molecule has 3 rings (SSSR count). The van der Waals surface area contributed by atoms with Gasteiger partial charge < -0.3 is 14.5 Å². The van der Waals surface area contributed by atoms with Crippen LogP contribution in [0.2, 0.25) is 0 Å². The maximum Gasteiger partial charge on any atom is 0.316 e. The lowest BCUT2D eigenvalue weighted by molar-refractivity contribution is -0.139. The lowest BCUT2D eigenvalue weighted by atomic mass is 10.3. The summed E-state index contributed by atoms with van der Waals surface area (Å²) in [6.07, 6.45) is 1.45. The second-order valence-electron chi connectivity index (χ2n) is 5.37. The van der Waals surface area contributed by atoms with E-state index < -0.39 is 18.4 Å². The first kappa shape index (κ1) is 19.1. The van der Waals surface area contributed by atoms with E-state index in [4.69, 9.17) is 9.15 Å². The van der Waals surface area contributed by atoms with Crippen LogP contribution in [-0.4, -0.2) is 40.0 Å². The van der Waals surface area contributed by atoms with E-state index >= 15 is 0 Å². The van der Waals surface area contributed by atoms with Crippen LogP contribution in [0.15, 0.2) is 39.3 Å². The second kappa shape index (κ2) is 8.78. The van der Waals surface area contributed by atoms with Crippen LogP contribution in [0.25, 0.3) is 10.2 Å². The van der Waals surface area contributed by atoms with Gasteiger partial charge in [-0.2, -0.15) is 0 Å². The maximum atomic E-state index is 12.0. The Morgan fingerprint density at radius 3 is 2.93 bits per heavy atom. The first-order valence-corrected chi connectivity index (χ1v) is 9.72. The molecular weight excluding hydrogens is 390 g/mol. The largest absolute Gasteiger partial charge is 0.457 e. The highest BCUT2D eigenvalue weighted by molar-refractivity contribution is 8.00. The molecule has 10 heteroatoms. The smallest absolute Gasteiger partial charge is 0.316 e. The van der Waals surface area contributed by atoms with E-state index in [0.29, 0.717) is 10.8 Å². The van der Waals surface area contributed by atoms with E-state index in [1.807, 2.05) is 11.4 Å². The molecule has 0 unspecified atom stereocenters. The molecule has 0 atom stereocenters. The molecule has 0 radical (unpaired) electrons. The molecule has 0 spiro atoms. The predicted octanol–water partition coefficient (Wildman–Crippen LogP) is 2.44. The number of esters is 1. The minimum absolute atomic E-state index is 0.0289. The number of fused-ring (bicyclic) bond motifs is 1. The van der Waals surface area contributed by atoms with E-state index in [1.165, 1.54) is 42.4 Å². The van der Waals surface area contributed by atoms with Crippen LogP contribution >= 0.6 is 23.1 Å². The first-order valence-electron chi connectivity index (χ1n) is 7.86. The predicted molar refractivity (Wildman–Crippen MR) is 99.7 cm³/mol. The lowest BCUT2D eigenvalue weighted by Crippen LogP contribution is -2.18. The number of carbonyl (C=O) groups excluding carboxylic acids is 3. The molecule has 3 heterocycles. The normalized spacial score (nSPS) is 10.7.